The van der Waals surface area contributed by atoms with Crippen LogP contribution in [-0.4, -0.2) is 22.5 Å². The van der Waals surface area contributed by atoms with E-state index in [1.54, 1.807) is 6.07 Å². The molecule has 5 heteroatoms. The van der Waals surface area contributed by atoms with E-state index in [0.717, 1.165) is 0 Å². The lowest BCUT2D eigenvalue weighted by Gasteiger charge is -2.01. The lowest BCUT2D eigenvalue weighted by Crippen LogP contribution is -2.22. The zero-order valence-electron chi connectivity index (χ0n) is 9.38. The largest absolute Gasteiger partial charge is 0.494 e. The number of fused-ring (bicyclic) bond motifs is 1. The molecule has 0 unspecified atom stereocenters. The van der Waals surface area contributed by atoms with Gasteiger partial charge in [-0.3, -0.25) is 4.79 Å². The van der Waals surface area contributed by atoms with Gasteiger partial charge in [0.1, 0.15) is 5.82 Å². The Morgan fingerprint density at radius 2 is 2.29 bits per heavy atom. The van der Waals surface area contributed by atoms with Crippen molar-refractivity contribution in [1.29, 1.82) is 0 Å². The van der Waals surface area contributed by atoms with Gasteiger partial charge in [0, 0.05) is 29.9 Å². The quantitative estimate of drug-likeness (QED) is 0.759. The summed E-state index contributed by atoms with van der Waals surface area (Å²) in [6.07, 6.45) is 0.453. The number of aromatic hydroxyl groups is 1. The Balaban J connectivity index is 2.28. The van der Waals surface area contributed by atoms with Crippen LogP contribution in [0.15, 0.2) is 18.2 Å². The number of hydrogen-bond acceptors (Lipinski definition) is 2. The highest BCUT2D eigenvalue weighted by molar-refractivity contribution is 5.86. The summed E-state index contributed by atoms with van der Waals surface area (Å²) in [5.41, 5.74) is 1.30. The Hall–Kier alpha value is -2.04. The number of halogens is 1. The van der Waals surface area contributed by atoms with Gasteiger partial charge in [-0.25, -0.2) is 4.39 Å². The number of nitrogens with one attached hydrogen (secondary N) is 2. The molecule has 0 aliphatic rings. The summed E-state index contributed by atoms with van der Waals surface area (Å²) in [6.45, 7) is 1.83. The van der Waals surface area contributed by atoms with E-state index in [0.29, 0.717) is 29.4 Å². The molecule has 0 bridgehead atoms. The van der Waals surface area contributed by atoms with Gasteiger partial charge in [0.25, 0.3) is 0 Å². The van der Waals surface area contributed by atoms with Crippen molar-refractivity contribution in [3.63, 3.8) is 0 Å². The van der Waals surface area contributed by atoms with Crippen LogP contribution in [0.3, 0.4) is 0 Å². The second-order valence-corrected chi connectivity index (χ2v) is 3.88. The van der Waals surface area contributed by atoms with Crippen LogP contribution in [-0.2, 0) is 11.2 Å². The number of hydrogen-bond donors (Lipinski definition) is 3. The first-order valence-electron chi connectivity index (χ1n) is 5.31. The number of benzene rings is 1. The third-order valence-corrected chi connectivity index (χ3v) is 2.59. The van der Waals surface area contributed by atoms with E-state index in [4.69, 9.17) is 0 Å². The van der Waals surface area contributed by atoms with Crippen LogP contribution in [0.1, 0.15) is 12.5 Å². The number of H-pyrrole nitrogens is 1. The van der Waals surface area contributed by atoms with E-state index in [1.165, 1.54) is 19.1 Å². The fourth-order valence-corrected chi connectivity index (χ4v) is 1.82. The normalized spacial score (nSPS) is 10.7. The van der Waals surface area contributed by atoms with Crippen molar-refractivity contribution < 1.29 is 14.3 Å². The summed E-state index contributed by atoms with van der Waals surface area (Å²) in [5.74, 6) is -0.455. The van der Waals surface area contributed by atoms with Crippen LogP contribution < -0.4 is 5.32 Å². The molecule has 17 heavy (non-hydrogen) atoms. The minimum atomic E-state index is -0.350. The second kappa shape index (κ2) is 4.45. The first-order valence-corrected chi connectivity index (χ1v) is 5.31. The van der Waals surface area contributed by atoms with Crippen molar-refractivity contribution in [2.24, 2.45) is 0 Å². The molecule has 0 saturated heterocycles. The van der Waals surface area contributed by atoms with Crippen molar-refractivity contribution in [3.05, 3.63) is 29.6 Å². The Labute approximate surface area is 97.5 Å². The number of rotatable bonds is 3. The highest BCUT2D eigenvalue weighted by atomic mass is 19.1. The van der Waals surface area contributed by atoms with Crippen LogP contribution in [0.25, 0.3) is 10.9 Å². The van der Waals surface area contributed by atoms with Gasteiger partial charge in [0.15, 0.2) is 5.88 Å². The summed E-state index contributed by atoms with van der Waals surface area (Å²) in [7, 11) is 0. The molecule has 0 aliphatic heterocycles. The van der Waals surface area contributed by atoms with E-state index in [-0.39, 0.29) is 17.6 Å². The maximum absolute atomic E-state index is 13.1. The van der Waals surface area contributed by atoms with E-state index in [9.17, 15) is 14.3 Å². The minimum absolute atomic E-state index is 0.0240. The second-order valence-electron chi connectivity index (χ2n) is 3.88. The molecule has 1 aromatic carbocycles. The predicted molar refractivity (Wildman–Crippen MR) is 62.3 cm³/mol. The molecule has 90 valence electrons. The van der Waals surface area contributed by atoms with Crippen molar-refractivity contribution in [1.82, 2.24) is 10.3 Å². The van der Waals surface area contributed by atoms with Gasteiger partial charge < -0.3 is 15.4 Å². The zero-order chi connectivity index (χ0) is 12.4. The smallest absolute Gasteiger partial charge is 0.216 e. The van der Waals surface area contributed by atoms with Crippen LogP contribution in [0, 0.1) is 5.82 Å². The first kappa shape index (κ1) is 11.4. The molecular weight excluding hydrogens is 223 g/mol. The van der Waals surface area contributed by atoms with Crippen LogP contribution in [0.4, 0.5) is 4.39 Å². The number of amides is 1. The van der Waals surface area contributed by atoms with Gasteiger partial charge in [0.2, 0.25) is 5.91 Å². The van der Waals surface area contributed by atoms with E-state index in [2.05, 4.69) is 10.3 Å². The monoisotopic (exact) mass is 236 g/mol. The first-order chi connectivity index (χ1) is 8.08. The van der Waals surface area contributed by atoms with Crippen LogP contribution in [0.5, 0.6) is 5.88 Å². The van der Waals surface area contributed by atoms with Crippen molar-refractivity contribution in [3.8, 4) is 5.88 Å². The molecule has 1 amide bonds. The van der Waals surface area contributed by atoms with Crippen molar-refractivity contribution >= 4 is 16.8 Å². The van der Waals surface area contributed by atoms with E-state index in [1.807, 2.05) is 0 Å². The van der Waals surface area contributed by atoms with Gasteiger partial charge in [-0.05, 0) is 24.6 Å². The molecule has 0 radical (unpaired) electrons. The van der Waals surface area contributed by atoms with Gasteiger partial charge >= 0.3 is 0 Å². The standard InChI is InChI=1S/C12H13FN2O2/c1-7(16)14-5-4-9-10-6-8(13)2-3-11(10)15-12(9)17/h2-3,6,15,17H,4-5H2,1H3,(H,14,16). The molecule has 0 aliphatic carbocycles. The zero-order valence-corrected chi connectivity index (χ0v) is 9.38. The molecule has 0 spiro atoms. The number of carbonyl (C=O) groups excluding carboxylic acids is 1. The average molecular weight is 236 g/mol. The van der Waals surface area contributed by atoms with Crippen LogP contribution >= 0.6 is 0 Å². The summed E-state index contributed by atoms with van der Waals surface area (Å²) < 4.78 is 13.1. The molecule has 1 aromatic heterocycles. The molecule has 3 N–H and O–H groups in total. The lowest BCUT2D eigenvalue weighted by atomic mass is 10.1. The topological polar surface area (TPSA) is 65.1 Å². The average Bonchev–Trinajstić information content (AvgIpc) is 2.55. The number of aromatic amines is 1. The fourth-order valence-electron chi connectivity index (χ4n) is 1.82. The third kappa shape index (κ3) is 2.38. The van der Waals surface area contributed by atoms with Gasteiger partial charge in [-0.1, -0.05) is 0 Å². The Bertz CT molecular complexity index is 563. The minimum Gasteiger partial charge on any atom is -0.494 e. The Morgan fingerprint density at radius 3 is 3.00 bits per heavy atom. The van der Waals surface area contributed by atoms with Crippen molar-refractivity contribution in [2.75, 3.05) is 6.54 Å². The summed E-state index contributed by atoms with van der Waals surface area (Å²) in [4.78, 5) is 13.5. The van der Waals surface area contributed by atoms with E-state index < -0.39 is 0 Å². The third-order valence-electron chi connectivity index (χ3n) is 2.59. The molecule has 1 heterocycles. The molecule has 2 aromatic rings. The highest BCUT2D eigenvalue weighted by Gasteiger charge is 2.11. The fraction of sp³-hybridized carbons (Fsp3) is 0.250. The molecular formula is C12H13FN2O2. The molecule has 0 saturated carbocycles. The van der Waals surface area contributed by atoms with Gasteiger partial charge in [-0.15, -0.1) is 0 Å². The number of aromatic nitrogens is 1. The summed E-state index contributed by atoms with van der Waals surface area (Å²) >= 11 is 0. The molecule has 0 fully saturated rings. The predicted octanol–water partition coefficient (Wildman–Crippen LogP) is 1.69. The van der Waals surface area contributed by atoms with Gasteiger partial charge in [0.05, 0.1) is 0 Å². The molecule has 4 nitrogen and oxygen atoms in total. The summed E-state index contributed by atoms with van der Waals surface area (Å²) in [5, 5.41) is 13.0. The van der Waals surface area contributed by atoms with E-state index >= 15 is 0 Å². The Kier molecular flexibility index (Phi) is 2.99. The highest BCUT2D eigenvalue weighted by Crippen LogP contribution is 2.27. The maximum Gasteiger partial charge on any atom is 0.216 e. The molecule has 0 atom stereocenters. The Morgan fingerprint density at radius 1 is 1.53 bits per heavy atom. The lowest BCUT2D eigenvalue weighted by molar-refractivity contribution is -0.118. The van der Waals surface area contributed by atoms with Crippen LogP contribution in [0.2, 0.25) is 0 Å². The summed E-state index contributed by atoms with van der Waals surface area (Å²) in [6, 6.07) is 4.27. The molecule has 2 rings (SSSR count). The van der Waals surface area contributed by atoms with Crippen molar-refractivity contribution in [2.45, 2.75) is 13.3 Å². The maximum atomic E-state index is 13.1. The number of carbonyl (C=O) groups is 1. The SMILES string of the molecule is CC(=O)NCCc1c(O)[nH]c2ccc(F)cc12. The van der Waals surface area contributed by atoms with Gasteiger partial charge in [-0.2, -0.15) is 0 Å².